The Labute approximate surface area is 94.6 Å². The fourth-order valence-corrected chi connectivity index (χ4v) is 1.89. The first-order chi connectivity index (χ1) is 7.09. The van der Waals surface area contributed by atoms with Crippen molar-refractivity contribution in [3.8, 4) is 5.88 Å². The second-order valence-corrected chi connectivity index (χ2v) is 4.40. The zero-order valence-electron chi connectivity index (χ0n) is 8.21. The van der Waals surface area contributed by atoms with Gasteiger partial charge in [-0.1, -0.05) is 0 Å². The lowest BCUT2D eigenvalue weighted by atomic mass is 9.79. The Balaban J connectivity index is 2.49. The molecule has 15 heavy (non-hydrogen) atoms. The lowest BCUT2D eigenvalue weighted by Crippen LogP contribution is -2.39. The second-order valence-electron chi connectivity index (χ2n) is 3.60. The van der Waals surface area contributed by atoms with E-state index in [1.807, 2.05) is 0 Å². The predicted octanol–water partition coefficient (Wildman–Crippen LogP) is 1.26. The molecule has 0 aromatic carbocycles. The number of hydrogen-bond acceptors (Lipinski definition) is 4. The van der Waals surface area contributed by atoms with Gasteiger partial charge in [-0.25, -0.2) is 0 Å². The third-order valence-electron chi connectivity index (χ3n) is 2.83. The maximum Gasteiger partial charge on any atom is 0.269 e. The van der Waals surface area contributed by atoms with Gasteiger partial charge in [0.05, 0.1) is 0 Å². The zero-order valence-corrected chi connectivity index (χ0v) is 9.80. The molecule has 1 aromatic rings. The van der Waals surface area contributed by atoms with Crippen molar-refractivity contribution in [3.63, 3.8) is 0 Å². The van der Waals surface area contributed by atoms with E-state index in [9.17, 15) is 9.90 Å². The molecule has 0 spiro atoms. The van der Waals surface area contributed by atoms with Gasteiger partial charge in [-0.2, -0.15) is 4.98 Å². The van der Waals surface area contributed by atoms with E-state index in [1.54, 1.807) is 7.11 Å². The number of H-pyrrole nitrogens is 1. The molecule has 1 aliphatic carbocycles. The Morgan fingerprint density at radius 1 is 1.60 bits per heavy atom. The molecule has 0 atom stereocenters. The van der Waals surface area contributed by atoms with E-state index >= 15 is 0 Å². The SMILES string of the molecule is COC1(c2nc(O)c(Br)c(=O)[nH]2)CCC1. The van der Waals surface area contributed by atoms with Gasteiger partial charge in [-0.05, 0) is 35.2 Å². The summed E-state index contributed by atoms with van der Waals surface area (Å²) in [4.78, 5) is 17.9. The highest BCUT2D eigenvalue weighted by molar-refractivity contribution is 9.10. The summed E-state index contributed by atoms with van der Waals surface area (Å²) in [7, 11) is 1.58. The average Bonchev–Trinajstić information content (AvgIpc) is 2.13. The van der Waals surface area contributed by atoms with Crippen molar-refractivity contribution < 1.29 is 9.84 Å². The van der Waals surface area contributed by atoms with Crippen LogP contribution in [0.25, 0.3) is 0 Å². The van der Waals surface area contributed by atoms with E-state index in [1.165, 1.54) is 0 Å². The maximum atomic E-state index is 11.4. The molecule has 1 fully saturated rings. The van der Waals surface area contributed by atoms with Crippen LogP contribution in [0, 0.1) is 0 Å². The number of nitrogens with one attached hydrogen (secondary N) is 1. The Hall–Kier alpha value is -0.880. The summed E-state index contributed by atoms with van der Waals surface area (Å²) in [5, 5.41) is 9.43. The van der Waals surface area contributed by atoms with Gasteiger partial charge in [-0.3, -0.25) is 4.79 Å². The van der Waals surface area contributed by atoms with Gasteiger partial charge in [0, 0.05) is 7.11 Å². The van der Waals surface area contributed by atoms with Crippen LogP contribution in [0.1, 0.15) is 25.1 Å². The predicted molar refractivity (Wildman–Crippen MR) is 56.8 cm³/mol. The molecule has 1 aliphatic rings. The summed E-state index contributed by atoms with van der Waals surface area (Å²) < 4.78 is 5.40. The number of nitrogens with zero attached hydrogens (tertiary/aromatic N) is 1. The molecule has 0 unspecified atom stereocenters. The number of hydrogen-bond donors (Lipinski definition) is 2. The number of rotatable bonds is 2. The third-order valence-corrected chi connectivity index (χ3v) is 3.54. The zero-order chi connectivity index (χ0) is 11.1. The second kappa shape index (κ2) is 3.61. The first-order valence-corrected chi connectivity index (χ1v) is 5.43. The van der Waals surface area contributed by atoms with E-state index < -0.39 is 5.60 Å². The van der Waals surface area contributed by atoms with Crippen molar-refractivity contribution in [2.75, 3.05) is 7.11 Å². The molecule has 1 aromatic heterocycles. The smallest absolute Gasteiger partial charge is 0.269 e. The van der Waals surface area contributed by atoms with Gasteiger partial charge < -0.3 is 14.8 Å². The lowest BCUT2D eigenvalue weighted by molar-refractivity contribution is -0.0851. The minimum Gasteiger partial charge on any atom is -0.492 e. The van der Waals surface area contributed by atoms with E-state index in [0.717, 1.165) is 19.3 Å². The van der Waals surface area contributed by atoms with Crippen LogP contribution in [0.5, 0.6) is 5.88 Å². The molecule has 1 heterocycles. The number of halogens is 1. The largest absolute Gasteiger partial charge is 0.492 e. The Morgan fingerprint density at radius 3 is 2.67 bits per heavy atom. The Kier molecular flexibility index (Phi) is 2.56. The van der Waals surface area contributed by atoms with Crippen LogP contribution >= 0.6 is 15.9 Å². The maximum absolute atomic E-state index is 11.4. The van der Waals surface area contributed by atoms with E-state index in [2.05, 4.69) is 25.9 Å². The minimum absolute atomic E-state index is 0.0526. The van der Waals surface area contributed by atoms with Crippen LogP contribution < -0.4 is 5.56 Å². The highest BCUT2D eigenvalue weighted by Gasteiger charge is 2.41. The van der Waals surface area contributed by atoms with Crippen LogP contribution in [-0.4, -0.2) is 22.2 Å². The first-order valence-electron chi connectivity index (χ1n) is 4.63. The van der Waals surface area contributed by atoms with Crippen molar-refractivity contribution in [1.82, 2.24) is 9.97 Å². The summed E-state index contributed by atoms with van der Waals surface area (Å²) in [5.41, 5.74) is -0.905. The molecule has 0 bridgehead atoms. The monoisotopic (exact) mass is 274 g/mol. The molecule has 82 valence electrons. The van der Waals surface area contributed by atoms with E-state index in [0.29, 0.717) is 5.82 Å². The topological polar surface area (TPSA) is 75.2 Å². The van der Waals surface area contributed by atoms with Crippen molar-refractivity contribution in [1.29, 1.82) is 0 Å². The highest BCUT2D eigenvalue weighted by atomic mass is 79.9. The molecule has 0 saturated heterocycles. The molecule has 0 aliphatic heterocycles. The van der Waals surface area contributed by atoms with Crippen molar-refractivity contribution >= 4 is 15.9 Å². The van der Waals surface area contributed by atoms with Crippen LogP contribution in [0.4, 0.5) is 0 Å². The molecule has 0 amide bonds. The summed E-state index contributed by atoms with van der Waals surface area (Å²) in [6, 6.07) is 0. The molecular formula is C9H11BrN2O3. The third kappa shape index (κ3) is 1.57. The quantitative estimate of drug-likeness (QED) is 0.852. The summed E-state index contributed by atoms with van der Waals surface area (Å²) >= 11 is 2.94. The van der Waals surface area contributed by atoms with Crippen molar-refractivity contribution in [3.05, 3.63) is 20.7 Å². The summed E-state index contributed by atoms with van der Waals surface area (Å²) in [6.45, 7) is 0. The summed E-state index contributed by atoms with van der Waals surface area (Å²) in [5.74, 6) is 0.110. The number of aromatic hydroxyl groups is 1. The number of aromatic nitrogens is 2. The standard InChI is InChI=1S/C9H11BrN2O3/c1-15-9(3-2-4-9)8-11-6(13)5(10)7(14)12-8/h2-4H2,1H3,(H2,11,12,13,14). The summed E-state index contributed by atoms with van der Waals surface area (Å²) in [6.07, 6.45) is 2.66. The Morgan fingerprint density at radius 2 is 2.27 bits per heavy atom. The molecule has 2 rings (SSSR count). The normalized spacial score (nSPS) is 18.5. The van der Waals surface area contributed by atoms with Gasteiger partial charge in [0.2, 0.25) is 5.88 Å². The minimum atomic E-state index is -0.517. The average molecular weight is 275 g/mol. The van der Waals surface area contributed by atoms with Gasteiger partial charge in [-0.15, -0.1) is 0 Å². The molecule has 5 nitrogen and oxygen atoms in total. The van der Waals surface area contributed by atoms with E-state index in [-0.39, 0.29) is 15.9 Å². The molecule has 2 N–H and O–H groups in total. The van der Waals surface area contributed by atoms with Crippen LogP contribution in [0.15, 0.2) is 9.27 Å². The number of methoxy groups -OCH3 is 1. The molecular weight excluding hydrogens is 264 g/mol. The lowest BCUT2D eigenvalue weighted by Gasteiger charge is -2.39. The van der Waals surface area contributed by atoms with Crippen LogP contribution in [-0.2, 0) is 10.3 Å². The Bertz CT molecular complexity index is 434. The van der Waals surface area contributed by atoms with Crippen LogP contribution in [0.2, 0.25) is 0 Å². The van der Waals surface area contributed by atoms with Gasteiger partial charge in [0.25, 0.3) is 5.56 Å². The van der Waals surface area contributed by atoms with E-state index in [4.69, 9.17) is 4.74 Å². The number of aromatic amines is 1. The number of ether oxygens (including phenoxy) is 1. The fourth-order valence-electron chi connectivity index (χ4n) is 1.70. The molecule has 1 saturated carbocycles. The van der Waals surface area contributed by atoms with Crippen molar-refractivity contribution in [2.24, 2.45) is 0 Å². The first kappa shape index (κ1) is 10.6. The van der Waals surface area contributed by atoms with Gasteiger partial charge >= 0.3 is 0 Å². The van der Waals surface area contributed by atoms with Gasteiger partial charge in [0.1, 0.15) is 15.9 Å². The van der Waals surface area contributed by atoms with Crippen molar-refractivity contribution in [2.45, 2.75) is 24.9 Å². The van der Waals surface area contributed by atoms with Crippen LogP contribution in [0.3, 0.4) is 0 Å². The fraction of sp³-hybridized carbons (Fsp3) is 0.556. The molecule has 6 heteroatoms. The molecule has 0 radical (unpaired) electrons. The van der Waals surface area contributed by atoms with Gasteiger partial charge in [0.15, 0.2) is 0 Å². The highest BCUT2D eigenvalue weighted by Crippen LogP contribution is 2.42.